The lowest BCUT2D eigenvalue weighted by molar-refractivity contribution is -0.108. The number of amides is 2. The minimum absolute atomic E-state index is 0.0235. The number of Topliss-reactive ketones (excluding diaryl/α,β-unsaturated/α-hetero) is 1. The third-order valence-electron chi connectivity index (χ3n) is 16.4. The fraction of sp³-hybridized carbons (Fsp3) is 0.561. The second-order valence-corrected chi connectivity index (χ2v) is 26.6. The molecule has 1 aliphatic heterocycles. The maximum absolute atomic E-state index is 15.9. The van der Waals surface area contributed by atoms with Crippen LogP contribution in [0.3, 0.4) is 0 Å². The van der Waals surface area contributed by atoms with Crippen LogP contribution in [0.4, 0.5) is 0 Å². The number of benzene rings is 2. The molecule has 2 aromatic carbocycles. The first-order chi connectivity index (χ1) is 37.1. The van der Waals surface area contributed by atoms with Gasteiger partial charge in [-0.3, -0.25) is 19.3 Å². The third kappa shape index (κ3) is 13.5. The van der Waals surface area contributed by atoms with Crippen LogP contribution in [-0.2, 0) is 24.2 Å². The number of thiophene rings is 4. The number of aryl methyl sites for hydroxylation is 4. The van der Waals surface area contributed by atoms with Crippen molar-refractivity contribution in [2.24, 2.45) is 0 Å². The summed E-state index contributed by atoms with van der Waals surface area (Å²) in [6.45, 7) is 8.62. The molecule has 8 rings (SSSR count). The summed E-state index contributed by atoms with van der Waals surface area (Å²) in [6, 6.07) is 12.7. The number of nitrogens with zero attached hydrogens (tertiary/aromatic N) is 1. The van der Waals surface area contributed by atoms with Crippen molar-refractivity contribution in [2.75, 3.05) is 14.2 Å². The standard InChI is InChI=1S/C66H87NO5S4/c1-7-9-11-13-15-17-19-21-23-25-27-29-31-33-35-46-39-52(73-45(46)4)57-59-60(64-51(42-54(72-6)76-64)50-41-48(43-68)74-63(50)59)58(61(57)69)53-40-47(36-34-32-30-28-26-24-22-20-18-16-14-12-10-8-2)62(75-53)49-38-37-44(3)55-56(49)66(71)67(5)65(55)70/h37-42,68H,7-36,43H2,1-6H3. The Hall–Kier alpha value is -3.93. The Bertz CT molecular complexity index is 3070. The van der Waals surface area contributed by atoms with Gasteiger partial charge in [-0.15, -0.1) is 34.0 Å². The average molecular weight is 1100 g/mol. The Morgan fingerprint density at radius 2 is 0.961 bits per heavy atom. The van der Waals surface area contributed by atoms with E-state index in [0.29, 0.717) is 16.7 Å². The molecule has 0 saturated heterocycles. The highest BCUT2D eigenvalue weighted by molar-refractivity contribution is 7.22. The van der Waals surface area contributed by atoms with Crippen molar-refractivity contribution in [3.05, 3.63) is 94.2 Å². The molecule has 4 aromatic heterocycles. The molecule has 6 nitrogen and oxygen atoms in total. The van der Waals surface area contributed by atoms with Gasteiger partial charge in [-0.05, 0) is 74.4 Å². The summed E-state index contributed by atoms with van der Waals surface area (Å²) in [6.07, 6.45) is 38.5. The lowest BCUT2D eigenvalue weighted by atomic mass is 9.94. The Balaban J connectivity index is 1.08. The first-order valence-corrected chi connectivity index (χ1v) is 33.0. The summed E-state index contributed by atoms with van der Waals surface area (Å²) in [5.74, 6) is -0.508. The quantitative estimate of drug-likeness (QED) is 0.0317. The number of aliphatic hydroxyl groups is 1. The van der Waals surface area contributed by atoms with Crippen molar-refractivity contribution in [3.63, 3.8) is 0 Å². The Kier molecular flexibility index (Phi) is 22.1. The summed E-state index contributed by atoms with van der Waals surface area (Å²) < 4.78 is 7.96. The van der Waals surface area contributed by atoms with Crippen LogP contribution in [0.15, 0.2) is 36.4 Å². The molecule has 76 heavy (non-hydrogen) atoms. The van der Waals surface area contributed by atoms with E-state index in [-0.39, 0.29) is 24.2 Å². The number of imide groups is 1. The van der Waals surface area contributed by atoms with Crippen molar-refractivity contribution in [1.29, 1.82) is 0 Å². The van der Waals surface area contributed by atoms with Gasteiger partial charge in [0, 0.05) is 84.8 Å². The average Bonchev–Trinajstić information content (AvgIpc) is 4.37. The molecule has 1 aliphatic carbocycles. The van der Waals surface area contributed by atoms with E-state index >= 15 is 4.79 Å². The monoisotopic (exact) mass is 1100 g/mol. The van der Waals surface area contributed by atoms with Gasteiger partial charge in [0.1, 0.15) is 0 Å². The highest BCUT2D eigenvalue weighted by atomic mass is 32.1. The van der Waals surface area contributed by atoms with Crippen LogP contribution in [0.5, 0.6) is 5.06 Å². The molecule has 2 amide bonds. The number of hydrogen-bond acceptors (Lipinski definition) is 9. The van der Waals surface area contributed by atoms with E-state index in [9.17, 15) is 14.7 Å². The number of unbranched alkanes of at least 4 members (excludes halogenated alkanes) is 26. The molecule has 0 bridgehead atoms. The SMILES string of the molecule is CCCCCCCCCCCCCCCCc1cc(C2=c3c(c4sc(OC)cc4c4cc(CO)sc34)=C(c3cc(CCCCCCCCCCCCCCCC)c(-c4ccc(C)c5c4C(=O)N(C)C5=O)s3)C2=O)sc1C. The minimum atomic E-state index is -0.272. The minimum Gasteiger partial charge on any atom is -0.487 e. The van der Waals surface area contributed by atoms with Gasteiger partial charge in [-0.25, -0.2) is 0 Å². The van der Waals surface area contributed by atoms with Gasteiger partial charge in [0.2, 0.25) is 0 Å². The molecule has 6 aromatic rings. The van der Waals surface area contributed by atoms with Crippen LogP contribution < -0.4 is 15.2 Å². The van der Waals surface area contributed by atoms with E-state index in [0.717, 1.165) is 110 Å². The van der Waals surface area contributed by atoms with Gasteiger partial charge in [0.25, 0.3) is 11.8 Å². The Morgan fingerprint density at radius 1 is 0.513 bits per heavy atom. The first-order valence-electron chi connectivity index (χ1n) is 29.8. The number of ether oxygens (including phenoxy) is 1. The molecule has 5 heterocycles. The van der Waals surface area contributed by atoms with Crippen LogP contribution in [0.2, 0.25) is 0 Å². The van der Waals surface area contributed by atoms with Crippen LogP contribution in [0, 0.1) is 13.8 Å². The zero-order valence-electron chi connectivity index (χ0n) is 47.0. The number of aliphatic hydroxyl groups excluding tert-OH is 1. The second kappa shape index (κ2) is 28.8. The van der Waals surface area contributed by atoms with Crippen molar-refractivity contribution in [1.82, 2.24) is 4.90 Å². The van der Waals surface area contributed by atoms with Gasteiger partial charge in [-0.1, -0.05) is 204 Å². The fourth-order valence-electron chi connectivity index (χ4n) is 12.0. The van der Waals surface area contributed by atoms with E-state index in [1.807, 2.05) is 19.1 Å². The van der Waals surface area contributed by atoms with Crippen LogP contribution >= 0.6 is 45.3 Å². The van der Waals surface area contributed by atoms with Crippen LogP contribution in [0.1, 0.15) is 251 Å². The zero-order valence-corrected chi connectivity index (χ0v) is 50.3. The number of hydrogen-bond donors (Lipinski definition) is 1. The third-order valence-corrected chi connectivity index (χ3v) is 21.0. The highest BCUT2D eigenvalue weighted by Crippen LogP contribution is 2.45. The number of carbonyl (C=O) groups is 3. The summed E-state index contributed by atoms with van der Waals surface area (Å²) in [5, 5.41) is 15.3. The maximum Gasteiger partial charge on any atom is 0.261 e. The van der Waals surface area contributed by atoms with Gasteiger partial charge >= 0.3 is 0 Å². The number of fused-ring (bicyclic) bond motifs is 7. The van der Waals surface area contributed by atoms with Crippen molar-refractivity contribution < 1.29 is 24.2 Å². The summed E-state index contributed by atoms with van der Waals surface area (Å²) in [4.78, 5) is 49.8. The van der Waals surface area contributed by atoms with Crippen molar-refractivity contribution in [3.8, 4) is 15.5 Å². The Labute approximate surface area is 471 Å². The molecule has 2 aliphatic rings. The number of methoxy groups -OCH3 is 1. The smallest absolute Gasteiger partial charge is 0.261 e. The molecule has 10 heteroatoms. The molecule has 0 unspecified atom stereocenters. The normalized spacial score (nSPS) is 13.5. The molecule has 1 N–H and O–H groups in total. The van der Waals surface area contributed by atoms with E-state index in [4.69, 9.17) is 4.74 Å². The fourth-order valence-corrected chi connectivity index (χ4v) is 16.5. The van der Waals surface area contributed by atoms with Crippen molar-refractivity contribution >= 4 is 94.3 Å². The molecule has 410 valence electrons. The highest BCUT2D eigenvalue weighted by Gasteiger charge is 2.38. The Morgan fingerprint density at radius 3 is 1.47 bits per heavy atom. The number of rotatable bonds is 35. The predicted molar refractivity (Wildman–Crippen MR) is 327 cm³/mol. The molecule has 0 radical (unpaired) electrons. The molecular weight excluding hydrogens is 1010 g/mol. The van der Waals surface area contributed by atoms with Gasteiger partial charge in [0.15, 0.2) is 10.8 Å². The first kappa shape index (κ1) is 58.2. The zero-order chi connectivity index (χ0) is 53.6. The summed E-state index contributed by atoms with van der Waals surface area (Å²) >= 11 is 6.50. The second-order valence-electron chi connectivity index (χ2n) is 22.2. The largest absolute Gasteiger partial charge is 0.487 e. The van der Waals surface area contributed by atoms with Gasteiger partial charge in [-0.2, -0.15) is 0 Å². The van der Waals surface area contributed by atoms with E-state index in [1.165, 1.54) is 176 Å². The lowest BCUT2D eigenvalue weighted by Crippen LogP contribution is -2.25. The van der Waals surface area contributed by atoms with Gasteiger partial charge < -0.3 is 9.84 Å². The molecular formula is C66H87NO5S4. The number of carbonyl (C=O) groups excluding carboxylic acids is 3. The van der Waals surface area contributed by atoms with E-state index < -0.39 is 0 Å². The summed E-state index contributed by atoms with van der Waals surface area (Å²) in [5.41, 5.74) is 6.43. The number of ketones is 1. The molecule has 0 fully saturated rings. The molecule has 0 saturated carbocycles. The topological polar surface area (TPSA) is 83.9 Å². The molecule has 0 spiro atoms. The predicted octanol–water partition coefficient (Wildman–Crippen LogP) is 18.3. The van der Waals surface area contributed by atoms with E-state index in [1.54, 1.807) is 59.5 Å². The molecule has 0 atom stereocenters. The lowest BCUT2D eigenvalue weighted by Gasteiger charge is -2.10. The van der Waals surface area contributed by atoms with Gasteiger partial charge in [0.05, 0.1) is 24.8 Å². The van der Waals surface area contributed by atoms with Crippen LogP contribution in [-0.4, -0.2) is 41.8 Å². The summed E-state index contributed by atoms with van der Waals surface area (Å²) in [7, 11) is 3.28. The van der Waals surface area contributed by atoms with Crippen LogP contribution in [0.25, 0.3) is 41.8 Å². The van der Waals surface area contributed by atoms with E-state index in [2.05, 4.69) is 45.0 Å². The van der Waals surface area contributed by atoms with Crippen molar-refractivity contribution in [2.45, 2.75) is 227 Å². The maximum atomic E-state index is 15.9.